The van der Waals surface area contributed by atoms with Gasteiger partial charge in [-0.3, -0.25) is 4.79 Å². The average molecular weight is 356 g/mol. The Kier molecular flexibility index (Phi) is 3.96. The first-order chi connectivity index (χ1) is 12.5. The van der Waals surface area contributed by atoms with Gasteiger partial charge in [-0.05, 0) is 49.2 Å². The van der Waals surface area contributed by atoms with E-state index in [-0.39, 0.29) is 16.5 Å². The molecule has 1 atom stereocenters. The topological polar surface area (TPSA) is 72.9 Å². The van der Waals surface area contributed by atoms with Crippen molar-refractivity contribution in [3.63, 3.8) is 0 Å². The van der Waals surface area contributed by atoms with E-state index in [1.54, 1.807) is 24.3 Å². The van der Waals surface area contributed by atoms with Gasteiger partial charge in [0, 0.05) is 12.7 Å². The van der Waals surface area contributed by atoms with Crippen molar-refractivity contribution in [3.05, 3.63) is 59.5 Å². The van der Waals surface area contributed by atoms with Crippen molar-refractivity contribution in [2.45, 2.75) is 18.5 Å². The third kappa shape index (κ3) is 2.74. The predicted octanol–water partition coefficient (Wildman–Crippen LogP) is 2.81. The smallest absolute Gasteiger partial charge is 0.250 e. The van der Waals surface area contributed by atoms with Crippen molar-refractivity contribution in [3.8, 4) is 5.69 Å². The predicted molar refractivity (Wildman–Crippen MR) is 94.4 cm³/mol. The number of primary amides is 1. The second kappa shape index (κ2) is 6.17. The third-order valence-corrected chi connectivity index (χ3v) is 4.87. The summed E-state index contributed by atoms with van der Waals surface area (Å²) in [6.45, 7) is 1.13. The molecule has 1 aromatic heterocycles. The summed E-state index contributed by atoms with van der Waals surface area (Å²) in [6, 6.07) is 9.43. The van der Waals surface area contributed by atoms with E-state index in [0.29, 0.717) is 24.2 Å². The van der Waals surface area contributed by atoms with Gasteiger partial charge in [-0.1, -0.05) is 12.1 Å². The zero-order valence-corrected chi connectivity index (χ0v) is 14.0. The molecule has 1 saturated heterocycles. The van der Waals surface area contributed by atoms with Gasteiger partial charge in [-0.15, -0.1) is 0 Å². The number of piperidine rings is 1. The zero-order valence-electron chi connectivity index (χ0n) is 14.0. The number of carbonyl (C=O) groups is 1. The van der Waals surface area contributed by atoms with Crippen LogP contribution in [0.5, 0.6) is 0 Å². The molecule has 2 heterocycles. The minimum atomic E-state index is -1.38. The summed E-state index contributed by atoms with van der Waals surface area (Å²) in [5.41, 5.74) is 5.58. The molecule has 0 bridgehead atoms. The van der Waals surface area contributed by atoms with E-state index in [9.17, 15) is 9.18 Å². The largest absolute Gasteiger partial charge is 0.366 e. The molecule has 26 heavy (non-hydrogen) atoms. The SMILES string of the molecule is NC(=O)c1ccc(F)c2cn(-c3ccc(C4(F)CCCNC4)cc3)nc12. The highest BCUT2D eigenvalue weighted by Gasteiger charge is 2.33. The quantitative estimate of drug-likeness (QED) is 0.758. The summed E-state index contributed by atoms with van der Waals surface area (Å²) in [5.74, 6) is -1.15. The van der Waals surface area contributed by atoms with Gasteiger partial charge in [0.2, 0.25) is 0 Å². The second-order valence-electron chi connectivity index (χ2n) is 6.59. The number of rotatable bonds is 3. The normalized spacial score (nSPS) is 20.4. The Morgan fingerprint density at radius 3 is 2.65 bits per heavy atom. The number of halogens is 2. The number of alkyl halides is 1. The fraction of sp³-hybridized carbons (Fsp3) is 0.263. The van der Waals surface area contributed by atoms with Gasteiger partial charge >= 0.3 is 0 Å². The lowest BCUT2D eigenvalue weighted by atomic mass is 9.88. The van der Waals surface area contributed by atoms with Crippen LogP contribution in [0.2, 0.25) is 0 Å². The van der Waals surface area contributed by atoms with E-state index in [2.05, 4.69) is 10.4 Å². The molecular weight excluding hydrogens is 338 g/mol. The Labute approximate surface area is 148 Å². The maximum Gasteiger partial charge on any atom is 0.250 e. The van der Waals surface area contributed by atoms with Crippen molar-refractivity contribution >= 4 is 16.8 Å². The first-order valence-electron chi connectivity index (χ1n) is 8.46. The lowest BCUT2D eigenvalue weighted by Gasteiger charge is -2.30. The van der Waals surface area contributed by atoms with Crippen molar-refractivity contribution in [1.29, 1.82) is 0 Å². The number of fused-ring (bicyclic) bond motifs is 1. The summed E-state index contributed by atoms with van der Waals surface area (Å²) < 4.78 is 30.5. The molecule has 0 aliphatic carbocycles. The van der Waals surface area contributed by atoms with Crippen molar-refractivity contribution < 1.29 is 13.6 Å². The molecule has 1 fully saturated rings. The van der Waals surface area contributed by atoms with Crippen molar-refractivity contribution in [2.75, 3.05) is 13.1 Å². The average Bonchev–Trinajstić information content (AvgIpc) is 3.09. The van der Waals surface area contributed by atoms with Crippen LogP contribution in [0.3, 0.4) is 0 Å². The number of amides is 1. The van der Waals surface area contributed by atoms with Crippen LogP contribution in [-0.4, -0.2) is 28.8 Å². The van der Waals surface area contributed by atoms with Gasteiger partial charge in [0.05, 0.1) is 16.6 Å². The van der Waals surface area contributed by atoms with Crippen LogP contribution in [0.4, 0.5) is 8.78 Å². The van der Waals surface area contributed by atoms with Crippen LogP contribution in [0.25, 0.3) is 16.6 Å². The number of nitrogens with two attached hydrogens (primary N) is 1. The molecule has 1 amide bonds. The first-order valence-corrected chi connectivity index (χ1v) is 8.46. The zero-order chi connectivity index (χ0) is 18.3. The van der Waals surface area contributed by atoms with Crippen LogP contribution in [0.15, 0.2) is 42.6 Å². The molecule has 0 radical (unpaired) electrons. The number of benzene rings is 2. The highest BCUT2D eigenvalue weighted by molar-refractivity contribution is 6.04. The van der Waals surface area contributed by atoms with Crippen LogP contribution in [0.1, 0.15) is 28.8 Å². The summed E-state index contributed by atoms with van der Waals surface area (Å²) in [4.78, 5) is 11.5. The number of carbonyl (C=O) groups excluding carboxylic acids is 1. The fourth-order valence-electron chi connectivity index (χ4n) is 3.43. The standard InChI is InChI=1S/C19H18F2N4O/c20-16-7-6-14(18(22)26)17-15(16)10-25(24-17)13-4-2-12(3-5-13)19(21)8-1-9-23-11-19/h2-7,10,23H,1,8-9,11H2,(H2,22,26). The van der Waals surface area contributed by atoms with E-state index in [1.807, 2.05) is 0 Å². The van der Waals surface area contributed by atoms with Crippen LogP contribution in [0, 0.1) is 5.82 Å². The Balaban J connectivity index is 1.73. The van der Waals surface area contributed by atoms with Gasteiger partial charge in [0.25, 0.3) is 5.91 Å². The monoisotopic (exact) mass is 356 g/mol. The van der Waals surface area contributed by atoms with Gasteiger partial charge in [-0.25, -0.2) is 13.5 Å². The third-order valence-electron chi connectivity index (χ3n) is 4.87. The summed E-state index contributed by atoms with van der Waals surface area (Å²) in [7, 11) is 0. The molecule has 134 valence electrons. The van der Waals surface area contributed by atoms with E-state index in [4.69, 9.17) is 5.73 Å². The lowest BCUT2D eigenvalue weighted by Crippen LogP contribution is -2.40. The Morgan fingerprint density at radius 1 is 1.23 bits per heavy atom. The molecule has 5 nitrogen and oxygen atoms in total. The van der Waals surface area contributed by atoms with Gasteiger partial charge in [0.15, 0.2) is 0 Å². The molecule has 7 heteroatoms. The van der Waals surface area contributed by atoms with Gasteiger partial charge in [0.1, 0.15) is 17.0 Å². The molecule has 1 aliphatic rings. The van der Waals surface area contributed by atoms with Gasteiger partial charge < -0.3 is 11.1 Å². The summed E-state index contributed by atoms with van der Waals surface area (Å²) in [6.07, 6.45) is 2.77. The molecule has 3 aromatic rings. The van der Waals surface area contributed by atoms with Crippen LogP contribution < -0.4 is 11.1 Å². The number of nitrogens with one attached hydrogen (secondary N) is 1. The minimum Gasteiger partial charge on any atom is -0.366 e. The Morgan fingerprint density at radius 2 is 2.00 bits per heavy atom. The maximum atomic E-state index is 15.0. The molecule has 2 aromatic carbocycles. The minimum absolute atomic E-state index is 0.160. The first kappa shape index (κ1) is 16.7. The lowest BCUT2D eigenvalue weighted by molar-refractivity contribution is 0.100. The molecule has 1 aliphatic heterocycles. The van der Waals surface area contributed by atoms with E-state index >= 15 is 4.39 Å². The van der Waals surface area contributed by atoms with Crippen LogP contribution >= 0.6 is 0 Å². The van der Waals surface area contributed by atoms with E-state index in [0.717, 1.165) is 13.0 Å². The number of hydrogen-bond donors (Lipinski definition) is 2. The fourth-order valence-corrected chi connectivity index (χ4v) is 3.43. The molecule has 1 unspecified atom stereocenters. The molecule has 4 rings (SSSR count). The number of aromatic nitrogens is 2. The van der Waals surface area contributed by atoms with Crippen molar-refractivity contribution in [2.24, 2.45) is 5.73 Å². The second-order valence-corrected chi connectivity index (χ2v) is 6.59. The molecule has 3 N–H and O–H groups in total. The summed E-state index contributed by atoms with van der Waals surface area (Å²) >= 11 is 0. The molecular formula is C19H18F2N4O. The van der Waals surface area contributed by atoms with E-state index in [1.165, 1.54) is 23.0 Å². The maximum absolute atomic E-state index is 15.0. The number of nitrogens with zero attached hydrogens (tertiary/aromatic N) is 2. The molecule has 0 saturated carbocycles. The Bertz CT molecular complexity index is 975. The highest BCUT2D eigenvalue weighted by atomic mass is 19.1. The van der Waals surface area contributed by atoms with Crippen LogP contribution in [-0.2, 0) is 5.67 Å². The summed E-state index contributed by atoms with van der Waals surface area (Å²) in [5, 5.41) is 7.59. The van der Waals surface area contributed by atoms with Gasteiger partial charge in [-0.2, -0.15) is 5.10 Å². The van der Waals surface area contributed by atoms with E-state index < -0.39 is 17.4 Å². The Hall–Kier alpha value is -2.80. The van der Waals surface area contributed by atoms with Crippen molar-refractivity contribution in [1.82, 2.24) is 15.1 Å². The molecule has 0 spiro atoms. The number of hydrogen-bond acceptors (Lipinski definition) is 3. The highest BCUT2D eigenvalue weighted by Crippen LogP contribution is 2.33.